The lowest BCUT2D eigenvalue weighted by Gasteiger charge is -2.36. The van der Waals surface area contributed by atoms with Crippen LogP contribution >= 0.6 is 0 Å². The van der Waals surface area contributed by atoms with E-state index in [0.29, 0.717) is 19.7 Å². The van der Waals surface area contributed by atoms with Crippen LogP contribution in [0, 0.1) is 0 Å². The van der Waals surface area contributed by atoms with Gasteiger partial charge in [0.25, 0.3) is 0 Å². The van der Waals surface area contributed by atoms with Crippen molar-refractivity contribution in [1.82, 2.24) is 9.80 Å². The van der Waals surface area contributed by atoms with Gasteiger partial charge in [0.1, 0.15) is 0 Å². The minimum atomic E-state index is -4.29. The van der Waals surface area contributed by atoms with E-state index in [1.54, 1.807) is 0 Å². The maximum absolute atomic E-state index is 12.3. The average Bonchev–Trinajstić information content (AvgIpc) is 2.98. The number of rotatable bonds is 4. The fourth-order valence-electron chi connectivity index (χ4n) is 3.38. The Hall–Kier alpha value is -1.60. The molecule has 1 aromatic rings. The van der Waals surface area contributed by atoms with Gasteiger partial charge in [0.2, 0.25) is 5.91 Å². The fraction of sp³-hybridized carbons (Fsp3) is 0.588. The van der Waals surface area contributed by atoms with Crippen molar-refractivity contribution in [1.29, 1.82) is 0 Å². The molecule has 0 spiro atoms. The zero-order chi connectivity index (χ0) is 17.2. The van der Waals surface area contributed by atoms with Crippen molar-refractivity contribution in [2.75, 3.05) is 26.2 Å². The van der Waals surface area contributed by atoms with Gasteiger partial charge >= 0.3 is 6.18 Å². The highest BCUT2D eigenvalue weighted by Gasteiger charge is 2.42. The van der Waals surface area contributed by atoms with E-state index < -0.39 is 24.9 Å². The molecule has 2 aliphatic heterocycles. The third-order valence-electron chi connectivity index (χ3n) is 4.62. The predicted octanol–water partition coefficient (Wildman–Crippen LogP) is 2.44. The molecule has 0 radical (unpaired) electrons. The van der Waals surface area contributed by atoms with E-state index >= 15 is 0 Å². The zero-order valence-electron chi connectivity index (χ0n) is 13.3. The molecular formula is C17H21F3N2O2. The number of carbonyl (C=O) groups excluding carboxylic acids is 1. The fourth-order valence-corrected chi connectivity index (χ4v) is 3.38. The van der Waals surface area contributed by atoms with Gasteiger partial charge in [-0.2, -0.15) is 13.2 Å². The molecule has 0 N–H and O–H groups in total. The van der Waals surface area contributed by atoms with Crippen LogP contribution in [0.25, 0.3) is 0 Å². The molecule has 0 aliphatic carbocycles. The van der Waals surface area contributed by atoms with Crippen molar-refractivity contribution >= 4 is 5.91 Å². The number of benzene rings is 1. The van der Waals surface area contributed by atoms with Crippen LogP contribution in [0.1, 0.15) is 18.4 Å². The highest BCUT2D eigenvalue weighted by atomic mass is 19.4. The lowest BCUT2D eigenvalue weighted by atomic mass is 10.1. The summed E-state index contributed by atoms with van der Waals surface area (Å²) in [6, 6.07) is 10.1. The van der Waals surface area contributed by atoms with Crippen molar-refractivity contribution in [2.45, 2.75) is 37.7 Å². The first-order valence-corrected chi connectivity index (χ1v) is 8.16. The summed E-state index contributed by atoms with van der Waals surface area (Å²) < 4.78 is 42.6. The number of alkyl halides is 3. The summed E-state index contributed by atoms with van der Waals surface area (Å²) in [6.45, 7) is 2.93. The monoisotopic (exact) mass is 342 g/mol. The second-order valence-corrected chi connectivity index (χ2v) is 6.35. The molecule has 1 aromatic carbocycles. The van der Waals surface area contributed by atoms with Gasteiger partial charge in [-0.05, 0) is 5.56 Å². The quantitative estimate of drug-likeness (QED) is 0.843. The molecule has 0 bridgehead atoms. The summed E-state index contributed by atoms with van der Waals surface area (Å²) in [5, 5.41) is 0. The topological polar surface area (TPSA) is 32.8 Å². The zero-order valence-corrected chi connectivity index (χ0v) is 13.3. The Bertz CT molecular complexity index is 565. The molecule has 0 saturated carbocycles. The van der Waals surface area contributed by atoms with Gasteiger partial charge in [0, 0.05) is 32.6 Å². The summed E-state index contributed by atoms with van der Waals surface area (Å²) >= 11 is 0. The van der Waals surface area contributed by atoms with Crippen LogP contribution in [0.5, 0.6) is 0 Å². The van der Waals surface area contributed by atoms with Crippen LogP contribution in [0.4, 0.5) is 13.2 Å². The Kier molecular flexibility index (Phi) is 5.10. The molecule has 0 unspecified atom stereocenters. The van der Waals surface area contributed by atoms with E-state index in [4.69, 9.17) is 4.74 Å². The number of nitrogens with zero attached hydrogens (tertiary/aromatic N) is 2. The van der Waals surface area contributed by atoms with Crippen molar-refractivity contribution in [3.63, 3.8) is 0 Å². The number of fused-ring (bicyclic) bond motifs is 1. The van der Waals surface area contributed by atoms with Crippen LogP contribution in [-0.4, -0.2) is 60.3 Å². The normalized spacial score (nSPS) is 24.9. The molecule has 0 aromatic heterocycles. The largest absolute Gasteiger partial charge is 0.389 e. The first-order valence-electron chi connectivity index (χ1n) is 8.16. The van der Waals surface area contributed by atoms with Crippen molar-refractivity contribution in [3.05, 3.63) is 35.9 Å². The Balaban J connectivity index is 1.59. The van der Waals surface area contributed by atoms with Crippen LogP contribution < -0.4 is 0 Å². The van der Waals surface area contributed by atoms with Gasteiger partial charge in [0.15, 0.2) is 0 Å². The molecule has 7 heteroatoms. The van der Waals surface area contributed by atoms with E-state index in [0.717, 1.165) is 13.1 Å². The summed E-state index contributed by atoms with van der Waals surface area (Å²) in [7, 11) is 0. The number of hydrogen-bond donors (Lipinski definition) is 0. The molecular weight excluding hydrogens is 321 g/mol. The molecule has 2 aliphatic rings. The number of halogens is 3. The average molecular weight is 342 g/mol. The van der Waals surface area contributed by atoms with E-state index in [-0.39, 0.29) is 12.1 Å². The summed E-state index contributed by atoms with van der Waals surface area (Å²) in [6.07, 6.45) is -5.96. The smallest absolute Gasteiger partial charge is 0.373 e. The van der Waals surface area contributed by atoms with Crippen LogP contribution in [0.15, 0.2) is 30.3 Å². The van der Waals surface area contributed by atoms with Crippen LogP contribution in [0.3, 0.4) is 0 Å². The van der Waals surface area contributed by atoms with Gasteiger partial charge in [0.05, 0.1) is 25.2 Å². The van der Waals surface area contributed by atoms with Gasteiger partial charge in [-0.15, -0.1) is 0 Å². The van der Waals surface area contributed by atoms with Crippen molar-refractivity contribution < 1.29 is 22.7 Å². The predicted molar refractivity (Wildman–Crippen MR) is 82.2 cm³/mol. The highest BCUT2D eigenvalue weighted by Crippen LogP contribution is 2.27. The third-order valence-corrected chi connectivity index (χ3v) is 4.62. The minimum Gasteiger partial charge on any atom is -0.373 e. The van der Waals surface area contributed by atoms with E-state index in [1.807, 2.05) is 30.3 Å². The summed E-state index contributed by atoms with van der Waals surface area (Å²) in [5.74, 6) is -0.440. The van der Waals surface area contributed by atoms with E-state index in [2.05, 4.69) is 4.90 Å². The highest BCUT2D eigenvalue weighted by molar-refractivity contribution is 5.76. The Morgan fingerprint density at radius 1 is 1.21 bits per heavy atom. The van der Waals surface area contributed by atoms with Crippen LogP contribution in [0.2, 0.25) is 0 Å². The molecule has 2 fully saturated rings. The van der Waals surface area contributed by atoms with Gasteiger partial charge in [-0.3, -0.25) is 9.69 Å². The molecule has 2 atom stereocenters. The standard InChI is InChI=1S/C17H21F3N2O2/c18-17(19,20)7-6-16(23)22-11-14-15(12-22)24-9-8-21(14)10-13-4-2-1-3-5-13/h1-5,14-15H,6-12H2/t14-,15-/m0/s1. The number of carbonyl (C=O) groups is 1. The van der Waals surface area contributed by atoms with Crippen LogP contribution in [-0.2, 0) is 16.1 Å². The first kappa shape index (κ1) is 17.2. The first-order chi connectivity index (χ1) is 11.4. The molecule has 3 rings (SSSR count). The van der Waals surface area contributed by atoms with E-state index in [1.165, 1.54) is 10.5 Å². The number of hydrogen-bond acceptors (Lipinski definition) is 3. The molecule has 1 amide bonds. The van der Waals surface area contributed by atoms with Gasteiger partial charge < -0.3 is 9.64 Å². The SMILES string of the molecule is O=C(CCC(F)(F)F)N1C[C@@H]2OCCN(Cc3ccccc3)[C@H]2C1. The Morgan fingerprint density at radius 2 is 1.96 bits per heavy atom. The van der Waals surface area contributed by atoms with Crippen molar-refractivity contribution in [3.8, 4) is 0 Å². The number of ether oxygens (including phenoxy) is 1. The number of morpholine rings is 1. The summed E-state index contributed by atoms with van der Waals surface area (Å²) in [4.78, 5) is 15.8. The molecule has 2 saturated heterocycles. The number of likely N-dealkylation sites (tertiary alicyclic amines) is 1. The summed E-state index contributed by atoms with van der Waals surface area (Å²) in [5.41, 5.74) is 1.18. The molecule has 2 heterocycles. The Morgan fingerprint density at radius 3 is 2.67 bits per heavy atom. The lowest BCUT2D eigenvalue weighted by molar-refractivity contribution is -0.148. The van der Waals surface area contributed by atoms with Gasteiger partial charge in [-0.1, -0.05) is 30.3 Å². The molecule has 132 valence electrons. The van der Waals surface area contributed by atoms with Crippen molar-refractivity contribution in [2.24, 2.45) is 0 Å². The van der Waals surface area contributed by atoms with Gasteiger partial charge in [-0.25, -0.2) is 0 Å². The lowest BCUT2D eigenvalue weighted by Crippen LogP contribution is -2.50. The molecule has 24 heavy (non-hydrogen) atoms. The maximum atomic E-state index is 12.3. The third kappa shape index (κ3) is 4.27. The molecule has 4 nitrogen and oxygen atoms in total. The maximum Gasteiger partial charge on any atom is 0.389 e. The van der Waals surface area contributed by atoms with E-state index in [9.17, 15) is 18.0 Å². The Labute approximate surface area is 139 Å². The second-order valence-electron chi connectivity index (χ2n) is 6.35. The second kappa shape index (κ2) is 7.11. The minimum absolute atomic E-state index is 0.0498. The number of amides is 1.